The molecule has 180 valence electrons. The lowest BCUT2D eigenvalue weighted by Gasteiger charge is -2.22. The van der Waals surface area contributed by atoms with Crippen LogP contribution in [0, 0.1) is 0 Å². The first-order valence-electron chi connectivity index (χ1n) is 11.3. The summed E-state index contributed by atoms with van der Waals surface area (Å²) in [4.78, 5) is 23.3. The molecule has 1 aromatic rings. The van der Waals surface area contributed by atoms with Gasteiger partial charge in [0.25, 0.3) is 0 Å². The average Bonchev–Trinajstić information content (AvgIpc) is 3.12. The van der Waals surface area contributed by atoms with E-state index in [4.69, 9.17) is 9.47 Å². The third-order valence-corrected chi connectivity index (χ3v) is 10.2. The van der Waals surface area contributed by atoms with Crippen molar-refractivity contribution in [2.75, 3.05) is 30.5 Å². The molecule has 0 saturated carbocycles. The highest BCUT2D eigenvalue weighted by molar-refractivity contribution is 8.22. The Morgan fingerprint density at radius 1 is 1.31 bits per heavy atom. The normalized spacial score (nSPS) is 20.3. The van der Waals surface area contributed by atoms with Crippen molar-refractivity contribution in [2.24, 2.45) is 0 Å². The van der Waals surface area contributed by atoms with E-state index in [0.29, 0.717) is 42.6 Å². The molecule has 2 unspecified atom stereocenters. The molecule has 1 fully saturated rings. The van der Waals surface area contributed by atoms with Gasteiger partial charge in [-0.05, 0) is 57.9 Å². The largest absolute Gasteiger partial charge is 0.507 e. The Morgan fingerprint density at radius 2 is 2.09 bits per heavy atom. The van der Waals surface area contributed by atoms with Gasteiger partial charge in [0.15, 0.2) is 5.78 Å². The van der Waals surface area contributed by atoms with Crippen molar-refractivity contribution in [3.63, 3.8) is 0 Å². The predicted octanol–water partition coefficient (Wildman–Crippen LogP) is 5.96. The van der Waals surface area contributed by atoms with Gasteiger partial charge in [0.05, 0.1) is 22.9 Å². The van der Waals surface area contributed by atoms with Crippen LogP contribution in [0.4, 0.5) is 0 Å². The van der Waals surface area contributed by atoms with E-state index < -0.39 is 0 Å². The number of esters is 1. The first-order valence-corrected chi connectivity index (χ1v) is 14.3. The molecule has 1 heterocycles. The number of ether oxygens (including phenoxy) is 2. The van der Waals surface area contributed by atoms with Gasteiger partial charge in [-0.25, -0.2) is 0 Å². The van der Waals surface area contributed by atoms with E-state index in [9.17, 15) is 14.7 Å². The van der Waals surface area contributed by atoms with Crippen LogP contribution < -0.4 is 4.74 Å². The molecule has 2 rings (SSSR count). The zero-order valence-corrected chi connectivity index (χ0v) is 22.1. The van der Waals surface area contributed by atoms with Crippen LogP contribution >= 0.6 is 35.3 Å². The number of aromatic hydroxyl groups is 1. The number of benzene rings is 1. The summed E-state index contributed by atoms with van der Waals surface area (Å²) < 4.78 is 11.1. The minimum Gasteiger partial charge on any atom is -0.507 e. The van der Waals surface area contributed by atoms with Crippen molar-refractivity contribution in [1.29, 1.82) is 0 Å². The molecule has 1 aliphatic rings. The molecule has 0 amide bonds. The molecule has 2 atom stereocenters. The molecule has 1 aliphatic heterocycles. The molecule has 1 aromatic carbocycles. The summed E-state index contributed by atoms with van der Waals surface area (Å²) in [6.45, 7) is 8.63. The lowest BCUT2D eigenvalue weighted by atomic mass is 10.0. The van der Waals surface area contributed by atoms with Gasteiger partial charge in [-0.3, -0.25) is 9.59 Å². The summed E-state index contributed by atoms with van der Waals surface area (Å²) in [5, 5.41) is 11.0. The summed E-state index contributed by atoms with van der Waals surface area (Å²) in [7, 11) is 0. The smallest absolute Gasteiger partial charge is 0.305 e. The SMILES string of the molecule is CCCc1c(OCCCSCC2CSC(C)(CCC(=O)OCC)S2)ccc(C(C)=O)c1O. The second kappa shape index (κ2) is 13.7. The fourth-order valence-corrected chi connectivity index (χ4v) is 8.32. The molecule has 0 radical (unpaired) electrons. The molecular formula is C24H36O5S3. The zero-order valence-electron chi connectivity index (χ0n) is 19.6. The lowest BCUT2D eigenvalue weighted by molar-refractivity contribution is -0.143. The second-order valence-electron chi connectivity index (χ2n) is 8.01. The Bertz CT molecular complexity index is 770. The van der Waals surface area contributed by atoms with Crippen molar-refractivity contribution in [2.45, 2.75) is 69.1 Å². The number of phenols is 1. The molecule has 8 heteroatoms. The Morgan fingerprint density at radius 3 is 2.78 bits per heavy atom. The highest BCUT2D eigenvalue weighted by Gasteiger charge is 2.36. The fourth-order valence-electron chi connectivity index (χ4n) is 3.55. The maximum atomic E-state index is 11.7. The van der Waals surface area contributed by atoms with E-state index in [1.54, 1.807) is 12.1 Å². The van der Waals surface area contributed by atoms with Gasteiger partial charge in [0, 0.05) is 28.7 Å². The van der Waals surface area contributed by atoms with Crippen LogP contribution in [-0.2, 0) is 16.0 Å². The lowest BCUT2D eigenvalue weighted by Crippen LogP contribution is -2.16. The van der Waals surface area contributed by atoms with Gasteiger partial charge in [-0.2, -0.15) is 11.8 Å². The van der Waals surface area contributed by atoms with Gasteiger partial charge in [-0.15, -0.1) is 23.5 Å². The van der Waals surface area contributed by atoms with Gasteiger partial charge in [0.2, 0.25) is 0 Å². The van der Waals surface area contributed by atoms with Crippen LogP contribution in [0.2, 0.25) is 0 Å². The molecule has 5 nitrogen and oxygen atoms in total. The van der Waals surface area contributed by atoms with Gasteiger partial charge in [0.1, 0.15) is 11.5 Å². The summed E-state index contributed by atoms with van der Waals surface area (Å²) >= 11 is 5.90. The molecule has 0 bridgehead atoms. The maximum absolute atomic E-state index is 11.7. The molecular weight excluding hydrogens is 464 g/mol. The third kappa shape index (κ3) is 8.41. The zero-order chi connectivity index (χ0) is 23.6. The summed E-state index contributed by atoms with van der Waals surface area (Å²) in [6, 6.07) is 3.45. The Labute approximate surface area is 205 Å². The molecule has 0 aromatic heterocycles. The van der Waals surface area contributed by atoms with Gasteiger partial charge in [-0.1, -0.05) is 13.3 Å². The topological polar surface area (TPSA) is 72.8 Å². The van der Waals surface area contributed by atoms with E-state index in [2.05, 4.69) is 6.92 Å². The van der Waals surface area contributed by atoms with E-state index in [0.717, 1.165) is 42.1 Å². The predicted molar refractivity (Wildman–Crippen MR) is 138 cm³/mol. The fraction of sp³-hybridized carbons (Fsp3) is 0.667. The Kier molecular flexibility index (Phi) is 11.6. The van der Waals surface area contributed by atoms with Crippen molar-refractivity contribution >= 4 is 47.0 Å². The number of ketones is 1. The number of carbonyl (C=O) groups excluding carboxylic acids is 2. The number of phenolic OH excluding ortho intramolecular Hbond substituents is 1. The second-order valence-corrected chi connectivity index (χ2v) is 12.7. The first kappa shape index (κ1) is 27.3. The van der Waals surface area contributed by atoms with Gasteiger partial charge < -0.3 is 14.6 Å². The summed E-state index contributed by atoms with van der Waals surface area (Å²) in [5.74, 6) is 3.74. The van der Waals surface area contributed by atoms with E-state index >= 15 is 0 Å². The maximum Gasteiger partial charge on any atom is 0.305 e. The standard InChI is InChI=1S/C24H36O5S3/c1-5-8-20-21(10-9-19(17(3)25)23(20)27)29-13-7-14-30-15-18-16-31-24(4,32-18)12-11-22(26)28-6-2/h9-10,18,27H,5-8,11-16H2,1-4H3. The van der Waals surface area contributed by atoms with Crippen LogP contribution in [0.1, 0.15) is 69.3 Å². The quantitative estimate of drug-likeness (QED) is 0.191. The number of carbonyl (C=O) groups is 2. The summed E-state index contributed by atoms with van der Waals surface area (Å²) in [5.41, 5.74) is 1.09. The number of rotatable bonds is 14. The summed E-state index contributed by atoms with van der Waals surface area (Å²) in [6.07, 6.45) is 3.82. The number of hydrogen-bond acceptors (Lipinski definition) is 8. The Hall–Kier alpha value is -0.990. The minimum absolute atomic E-state index is 0.0630. The molecule has 0 aliphatic carbocycles. The van der Waals surface area contributed by atoms with Crippen LogP contribution in [0.5, 0.6) is 11.5 Å². The number of thioether (sulfide) groups is 3. The number of hydrogen-bond donors (Lipinski definition) is 1. The monoisotopic (exact) mass is 500 g/mol. The molecule has 1 N–H and O–H groups in total. The molecule has 32 heavy (non-hydrogen) atoms. The molecule has 1 saturated heterocycles. The number of Topliss-reactive ketones (excluding diaryl/α,β-unsaturated/α-hetero) is 1. The molecule has 0 spiro atoms. The van der Waals surface area contributed by atoms with Crippen LogP contribution in [-0.4, -0.2) is 56.7 Å². The van der Waals surface area contributed by atoms with Gasteiger partial charge >= 0.3 is 5.97 Å². The third-order valence-electron chi connectivity index (χ3n) is 5.19. The van der Waals surface area contributed by atoms with E-state index in [1.165, 1.54) is 6.92 Å². The highest BCUT2D eigenvalue weighted by Crippen LogP contribution is 2.51. The van der Waals surface area contributed by atoms with E-state index in [1.807, 2.05) is 49.1 Å². The minimum atomic E-state index is -0.136. The first-order chi connectivity index (χ1) is 15.3. The van der Waals surface area contributed by atoms with Crippen molar-refractivity contribution in [3.05, 3.63) is 23.3 Å². The Balaban J connectivity index is 1.69. The van der Waals surface area contributed by atoms with Crippen molar-refractivity contribution in [1.82, 2.24) is 0 Å². The highest BCUT2D eigenvalue weighted by atomic mass is 32.2. The van der Waals surface area contributed by atoms with Crippen LogP contribution in [0.15, 0.2) is 12.1 Å². The van der Waals surface area contributed by atoms with Crippen molar-refractivity contribution < 1.29 is 24.2 Å². The van der Waals surface area contributed by atoms with E-state index in [-0.39, 0.29) is 21.6 Å². The van der Waals surface area contributed by atoms with Crippen LogP contribution in [0.25, 0.3) is 0 Å². The average molecular weight is 501 g/mol. The van der Waals surface area contributed by atoms with Crippen LogP contribution in [0.3, 0.4) is 0 Å². The van der Waals surface area contributed by atoms with Crippen molar-refractivity contribution in [3.8, 4) is 11.5 Å².